The smallest absolute Gasteiger partial charge is 0.200 e. The van der Waals surface area contributed by atoms with Gasteiger partial charge in [-0.1, -0.05) is 11.8 Å². The second-order valence-corrected chi connectivity index (χ2v) is 3.85. The van der Waals surface area contributed by atoms with E-state index in [4.69, 9.17) is 5.53 Å². The van der Waals surface area contributed by atoms with E-state index >= 15 is 0 Å². The van der Waals surface area contributed by atoms with Gasteiger partial charge in [-0.15, -0.1) is 0 Å². The summed E-state index contributed by atoms with van der Waals surface area (Å²) in [5, 5.41) is 3.13. The first-order valence-corrected chi connectivity index (χ1v) is 5.46. The van der Waals surface area contributed by atoms with Gasteiger partial charge < -0.3 is 0 Å². The van der Waals surface area contributed by atoms with E-state index in [1.807, 2.05) is 5.92 Å². The third-order valence-corrected chi connectivity index (χ3v) is 2.54. The summed E-state index contributed by atoms with van der Waals surface area (Å²) in [6, 6.07) is 5.62. The largest absolute Gasteiger partial charge is 0.204 e. The highest BCUT2D eigenvalue weighted by Crippen LogP contribution is 2.22. The van der Waals surface area contributed by atoms with Crippen LogP contribution >= 0.6 is 0 Å². The molecule has 0 atom stereocenters. The van der Waals surface area contributed by atoms with E-state index in [1.54, 1.807) is 0 Å². The van der Waals surface area contributed by atoms with Gasteiger partial charge >= 0.3 is 0 Å². The Labute approximate surface area is 115 Å². The van der Waals surface area contributed by atoms with E-state index in [1.165, 1.54) is 24.3 Å². The van der Waals surface area contributed by atoms with Crippen LogP contribution in [-0.2, 0) is 0 Å². The van der Waals surface area contributed by atoms with Crippen molar-refractivity contribution in [2.45, 2.75) is 0 Å². The lowest BCUT2D eigenvalue weighted by Crippen LogP contribution is -2.04. The van der Waals surface area contributed by atoms with Crippen LogP contribution < -0.4 is 0 Å². The van der Waals surface area contributed by atoms with E-state index in [2.05, 4.69) is 11.0 Å². The predicted molar refractivity (Wildman–Crippen MR) is 63.5 cm³/mol. The first-order valence-electron chi connectivity index (χ1n) is 5.46. The molecule has 2 aromatic rings. The zero-order valence-corrected chi connectivity index (χ0v) is 10.1. The fourth-order valence-corrected chi connectivity index (χ4v) is 1.47. The number of nitrogens with zero attached hydrogens (tertiary/aromatic N) is 1. The van der Waals surface area contributed by atoms with Crippen LogP contribution in [0.5, 0.6) is 0 Å². The summed E-state index contributed by atoms with van der Waals surface area (Å²) in [7, 11) is 0. The van der Waals surface area contributed by atoms with Crippen molar-refractivity contribution in [1.82, 2.24) is 0 Å². The van der Waals surface area contributed by atoms with Crippen LogP contribution in [0.2, 0.25) is 0 Å². The number of nitrogens with one attached hydrogen (secondary N) is 1. The normalized spacial score (nSPS) is 9.95. The van der Waals surface area contributed by atoms with Gasteiger partial charge in [0.15, 0.2) is 23.3 Å². The lowest BCUT2D eigenvalue weighted by molar-refractivity contribution is 0.376. The van der Waals surface area contributed by atoms with Crippen molar-refractivity contribution in [2.24, 2.45) is 5.11 Å². The Morgan fingerprint density at radius 2 is 1.19 bits per heavy atom. The quantitative estimate of drug-likeness (QED) is 0.265. The van der Waals surface area contributed by atoms with Gasteiger partial charge in [0.25, 0.3) is 0 Å². The summed E-state index contributed by atoms with van der Waals surface area (Å²) >= 11 is 0. The standard InChI is InChI=1S/C14H5F5N2/c15-10-9(11(16)13(18)14(19)12(10)17)6-3-7-1-4-8(21-20)5-2-7/h1-2,4-5,20H. The van der Waals surface area contributed by atoms with Crippen molar-refractivity contribution in [1.29, 1.82) is 5.53 Å². The summed E-state index contributed by atoms with van der Waals surface area (Å²) < 4.78 is 65.5. The lowest BCUT2D eigenvalue weighted by Gasteiger charge is -2.02. The van der Waals surface area contributed by atoms with Crippen LogP contribution in [0.1, 0.15) is 11.1 Å². The Kier molecular flexibility index (Phi) is 3.98. The Hall–Kier alpha value is -2.75. The average Bonchev–Trinajstić information content (AvgIpc) is 2.51. The van der Waals surface area contributed by atoms with Crippen molar-refractivity contribution < 1.29 is 22.0 Å². The molecule has 2 nitrogen and oxygen atoms in total. The third-order valence-electron chi connectivity index (χ3n) is 2.54. The Bertz CT molecular complexity index is 744. The molecule has 21 heavy (non-hydrogen) atoms. The molecule has 2 rings (SSSR count). The topological polar surface area (TPSA) is 36.2 Å². The van der Waals surface area contributed by atoms with E-state index in [-0.39, 0.29) is 5.56 Å². The molecule has 1 N–H and O–H groups in total. The molecule has 0 heterocycles. The van der Waals surface area contributed by atoms with Gasteiger partial charge in [-0.25, -0.2) is 27.5 Å². The molecule has 0 spiro atoms. The number of benzene rings is 2. The zero-order chi connectivity index (χ0) is 15.6. The minimum absolute atomic E-state index is 0.270. The number of hydrogen-bond donors (Lipinski definition) is 1. The van der Waals surface area contributed by atoms with E-state index in [0.29, 0.717) is 5.69 Å². The molecule has 106 valence electrons. The summed E-state index contributed by atoms with van der Waals surface area (Å²) in [5.41, 5.74) is 6.15. The van der Waals surface area contributed by atoms with E-state index in [0.717, 1.165) is 0 Å². The van der Waals surface area contributed by atoms with Crippen molar-refractivity contribution >= 4 is 5.69 Å². The van der Waals surface area contributed by atoms with Crippen molar-refractivity contribution in [2.75, 3.05) is 0 Å². The van der Waals surface area contributed by atoms with Crippen LogP contribution in [0.3, 0.4) is 0 Å². The van der Waals surface area contributed by atoms with Gasteiger partial charge in [0.05, 0.1) is 5.69 Å². The average molecular weight is 296 g/mol. The summed E-state index contributed by atoms with van der Waals surface area (Å²) in [5.74, 6) is -6.06. The number of halogens is 5. The second-order valence-electron chi connectivity index (χ2n) is 3.85. The van der Waals surface area contributed by atoms with Gasteiger partial charge in [0, 0.05) is 5.56 Å². The molecule has 0 fully saturated rings. The molecule has 0 aromatic heterocycles. The highest BCUT2D eigenvalue weighted by molar-refractivity contribution is 5.48. The fourth-order valence-electron chi connectivity index (χ4n) is 1.47. The molecule has 0 aliphatic carbocycles. The molecule has 0 amide bonds. The van der Waals surface area contributed by atoms with Gasteiger partial charge in [-0.2, -0.15) is 5.11 Å². The number of hydrogen-bond acceptors (Lipinski definition) is 2. The molecule has 0 aliphatic heterocycles. The molecule has 0 bridgehead atoms. The van der Waals surface area contributed by atoms with Gasteiger partial charge in [0.2, 0.25) is 5.82 Å². The monoisotopic (exact) mass is 296 g/mol. The Balaban J connectivity index is 2.49. The minimum Gasteiger partial charge on any atom is -0.204 e. The summed E-state index contributed by atoms with van der Waals surface area (Å²) in [6.07, 6.45) is 0. The molecule has 0 saturated carbocycles. The van der Waals surface area contributed by atoms with Crippen molar-refractivity contribution in [3.63, 3.8) is 0 Å². The van der Waals surface area contributed by atoms with Crippen LogP contribution in [0, 0.1) is 46.5 Å². The first-order chi connectivity index (χ1) is 9.95. The van der Waals surface area contributed by atoms with Gasteiger partial charge in [0.1, 0.15) is 5.56 Å². The molecule has 0 aliphatic rings. The van der Waals surface area contributed by atoms with E-state index in [9.17, 15) is 22.0 Å². The SMILES string of the molecule is N=Nc1ccc(C#Cc2c(F)c(F)c(F)c(F)c2F)cc1. The second kappa shape index (κ2) is 5.71. The van der Waals surface area contributed by atoms with E-state index < -0.39 is 34.6 Å². The predicted octanol–water partition coefficient (Wildman–Crippen LogP) is 4.44. The van der Waals surface area contributed by atoms with Gasteiger partial charge in [-0.3, -0.25) is 0 Å². The molecule has 0 radical (unpaired) electrons. The van der Waals surface area contributed by atoms with Crippen LogP contribution in [-0.4, -0.2) is 0 Å². The highest BCUT2D eigenvalue weighted by Gasteiger charge is 2.24. The maximum absolute atomic E-state index is 13.4. The third kappa shape index (κ3) is 2.74. The molecule has 0 unspecified atom stereocenters. The van der Waals surface area contributed by atoms with Crippen molar-refractivity contribution in [3.05, 3.63) is 64.5 Å². The molecular formula is C14H5F5N2. The lowest BCUT2D eigenvalue weighted by atomic mass is 10.1. The Morgan fingerprint density at radius 3 is 1.67 bits per heavy atom. The zero-order valence-electron chi connectivity index (χ0n) is 10.1. The van der Waals surface area contributed by atoms with Crippen LogP contribution in [0.15, 0.2) is 29.4 Å². The molecule has 0 saturated heterocycles. The highest BCUT2D eigenvalue weighted by atomic mass is 19.2. The maximum atomic E-state index is 13.4. The summed E-state index contributed by atoms with van der Waals surface area (Å²) in [4.78, 5) is 0. The molecular weight excluding hydrogens is 291 g/mol. The molecule has 2 aromatic carbocycles. The fraction of sp³-hybridized carbons (Fsp3) is 0. The Morgan fingerprint density at radius 1 is 0.714 bits per heavy atom. The van der Waals surface area contributed by atoms with Crippen LogP contribution in [0.4, 0.5) is 27.6 Å². The van der Waals surface area contributed by atoms with Crippen molar-refractivity contribution in [3.8, 4) is 11.8 Å². The minimum atomic E-state index is -2.23. The summed E-state index contributed by atoms with van der Waals surface area (Å²) in [6.45, 7) is 0. The maximum Gasteiger partial charge on any atom is 0.200 e. The molecule has 7 heteroatoms. The van der Waals surface area contributed by atoms with Gasteiger partial charge in [-0.05, 0) is 24.3 Å². The van der Waals surface area contributed by atoms with Crippen LogP contribution in [0.25, 0.3) is 0 Å². The number of rotatable bonds is 1. The first kappa shape index (κ1) is 14.7.